The Kier molecular flexibility index (Phi) is 3.45. The first kappa shape index (κ1) is 14.7. The molecule has 2 heterocycles. The second kappa shape index (κ2) is 5.63. The fourth-order valence-corrected chi connectivity index (χ4v) is 3.09. The molecule has 0 radical (unpaired) electrons. The molecule has 0 fully saturated rings. The highest BCUT2D eigenvalue weighted by Gasteiger charge is 2.24. The molecule has 4 rings (SSSR count). The van der Waals surface area contributed by atoms with Gasteiger partial charge in [-0.2, -0.15) is 5.10 Å². The Morgan fingerprint density at radius 3 is 2.71 bits per heavy atom. The van der Waals surface area contributed by atoms with Gasteiger partial charge >= 0.3 is 0 Å². The van der Waals surface area contributed by atoms with Gasteiger partial charge in [-0.15, -0.1) is 0 Å². The van der Waals surface area contributed by atoms with Crippen LogP contribution in [-0.2, 0) is 6.42 Å². The molecule has 0 saturated heterocycles. The van der Waals surface area contributed by atoms with Crippen LogP contribution in [0.5, 0.6) is 0 Å². The zero-order valence-electron chi connectivity index (χ0n) is 12.6. The Hall–Kier alpha value is -2.89. The van der Waals surface area contributed by atoms with Crippen LogP contribution in [0.4, 0.5) is 8.78 Å². The van der Waals surface area contributed by atoms with Gasteiger partial charge in [0.05, 0.1) is 5.69 Å². The summed E-state index contributed by atoms with van der Waals surface area (Å²) in [6.07, 6.45) is -0.0861. The number of hydrogen-bond acceptors (Lipinski definition) is 3. The van der Waals surface area contributed by atoms with Crippen LogP contribution >= 0.6 is 0 Å². The number of fused-ring (bicyclic) bond motifs is 1. The van der Waals surface area contributed by atoms with Crippen LogP contribution in [-0.4, -0.2) is 20.5 Å². The maximum Gasteiger partial charge on any atom is 0.280 e. The minimum absolute atomic E-state index is 0.0974. The molecule has 2 aromatic heterocycles. The third kappa shape index (κ3) is 2.31. The van der Waals surface area contributed by atoms with Crippen molar-refractivity contribution in [3.05, 3.63) is 65.5 Å². The molecule has 0 spiro atoms. The molecular formula is C18H13F2N3O. The Morgan fingerprint density at radius 1 is 1.04 bits per heavy atom. The van der Waals surface area contributed by atoms with Gasteiger partial charge in [-0.05, 0) is 30.2 Å². The van der Waals surface area contributed by atoms with Crippen molar-refractivity contribution in [1.29, 1.82) is 0 Å². The van der Waals surface area contributed by atoms with Gasteiger partial charge in [0, 0.05) is 23.7 Å². The smallest absolute Gasteiger partial charge is 0.280 e. The summed E-state index contributed by atoms with van der Waals surface area (Å²) >= 11 is 0. The molecule has 0 amide bonds. The van der Waals surface area contributed by atoms with Gasteiger partial charge in [-0.25, -0.2) is 18.4 Å². The van der Waals surface area contributed by atoms with Crippen LogP contribution in [0.1, 0.15) is 34.5 Å². The third-order valence-corrected chi connectivity index (χ3v) is 4.17. The van der Waals surface area contributed by atoms with E-state index in [0.29, 0.717) is 23.5 Å². The molecule has 4 nitrogen and oxygen atoms in total. The Morgan fingerprint density at radius 2 is 1.88 bits per heavy atom. The van der Waals surface area contributed by atoms with Crippen LogP contribution in [0, 0.1) is 0 Å². The van der Waals surface area contributed by atoms with E-state index in [4.69, 9.17) is 0 Å². The molecule has 120 valence electrons. The summed E-state index contributed by atoms with van der Waals surface area (Å²) in [4.78, 5) is 16.6. The molecule has 0 bridgehead atoms. The van der Waals surface area contributed by atoms with Crippen LogP contribution in [0.2, 0.25) is 0 Å². The lowest BCUT2D eigenvalue weighted by molar-refractivity contribution is 0.0995. The number of halogens is 2. The number of pyridine rings is 1. The molecule has 24 heavy (non-hydrogen) atoms. The van der Waals surface area contributed by atoms with Gasteiger partial charge in [-0.3, -0.25) is 4.79 Å². The van der Waals surface area contributed by atoms with Gasteiger partial charge in [0.2, 0.25) is 0 Å². The topological polar surface area (TPSA) is 47.8 Å². The van der Waals surface area contributed by atoms with E-state index in [2.05, 4.69) is 10.1 Å². The van der Waals surface area contributed by atoms with E-state index in [9.17, 15) is 13.6 Å². The molecule has 3 aromatic rings. The van der Waals surface area contributed by atoms with E-state index >= 15 is 0 Å². The minimum atomic E-state index is -2.64. The second-order valence-electron chi connectivity index (χ2n) is 5.61. The Labute approximate surface area is 136 Å². The van der Waals surface area contributed by atoms with Crippen LogP contribution in [0.25, 0.3) is 17.1 Å². The summed E-state index contributed by atoms with van der Waals surface area (Å²) < 4.78 is 27.3. The number of alkyl halides is 2. The predicted molar refractivity (Wildman–Crippen MR) is 84.4 cm³/mol. The number of rotatable bonds is 3. The van der Waals surface area contributed by atoms with E-state index in [1.165, 1.54) is 12.3 Å². The normalized spacial score (nSPS) is 13.5. The molecule has 0 atom stereocenters. The van der Waals surface area contributed by atoms with E-state index in [0.717, 1.165) is 22.2 Å². The Balaban J connectivity index is 1.84. The van der Waals surface area contributed by atoms with Crippen molar-refractivity contribution in [1.82, 2.24) is 14.8 Å². The molecule has 1 aliphatic rings. The zero-order valence-corrected chi connectivity index (χ0v) is 12.6. The summed E-state index contributed by atoms with van der Waals surface area (Å²) in [6.45, 7) is 0. The van der Waals surface area contributed by atoms with E-state index in [-0.39, 0.29) is 11.5 Å². The summed E-state index contributed by atoms with van der Waals surface area (Å²) in [5, 5.41) is 3.94. The summed E-state index contributed by atoms with van der Waals surface area (Å²) in [7, 11) is 0. The third-order valence-electron chi connectivity index (χ3n) is 4.17. The summed E-state index contributed by atoms with van der Waals surface area (Å²) in [5.74, 6) is 0.399. The molecule has 0 N–H and O–H groups in total. The van der Waals surface area contributed by atoms with Gasteiger partial charge < -0.3 is 0 Å². The number of aryl methyl sites for hydroxylation is 1. The zero-order chi connectivity index (χ0) is 16.7. The fraction of sp³-hybridized carbons (Fsp3) is 0.167. The van der Waals surface area contributed by atoms with E-state index in [1.807, 2.05) is 18.2 Å². The van der Waals surface area contributed by atoms with Gasteiger partial charge in [0.1, 0.15) is 5.69 Å². The number of ketones is 1. The van der Waals surface area contributed by atoms with Crippen LogP contribution in [0.15, 0.2) is 48.7 Å². The van der Waals surface area contributed by atoms with Crippen molar-refractivity contribution in [2.24, 2.45) is 0 Å². The maximum atomic E-state index is 13.1. The number of carbonyl (C=O) groups is 1. The highest BCUT2D eigenvalue weighted by molar-refractivity contribution is 6.05. The highest BCUT2D eigenvalue weighted by Crippen LogP contribution is 2.32. The van der Waals surface area contributed by atoms with Crippen molar-refractivity contribution in [3.63, 3.8) is 0 Å². The lowest BCUT2D eigenvalue weighted by Gasteiger charge is -2.10. The SMILES string of the molecule is O=C1CCc2cccc(-c3cccc(-n4nccc4C(F)F)n3)c21. The average molecular weight is 325 g/mol. The molecule has 0 saturated carbocycles. The minimum Gasteiger partial charge on any atom is -0.294 e. The Bertz CT molecular complexity index is 934. The highest BCUT2D eigenvalue weighted by atomic mass is 19.3. The number of Topliss-reactive ketones (excluding diaryl/α,β-unsaturated/α-hetero) is 1. The molecule has 6 heteroatoms. The van der Waals surface area contributed by atoms with Crippen molar-refractivity contribution >= 4 is 5.78 Å². The van der Waals surface area contributed by atoms with Crippen molar-refractivity contribution in [2.75, 3.05) is 0 Å². The summed E-state index contributed by atoms with van der Waals surface area (Å²) in [5.41, 5.74) is 2.81. The molecule has 0 unspecified atom stereocenters. The van der Waals surface area contributed by atoms with Crippen molar-refractivity contribution in [3.8, 4) is 17.1 Å². The molecule has 1 aromatic carbocycles. The standard InChI is InChI=1S/C18H13F2N3O/c19-18(20)14-9-10-21-23(14)16-6-2-5-13(22-16)12-4-1-3-11-7-8-15(24)17(11)12/h1-6,9-10,18H,7-8H2. The van der Waals surface area contributed by atoms with E-state index in [1.54, 1.807) is 18.2 Å². The first-order valence-corrected chi connectivity index (χ1v) is 7.60. The molecule has 0 aliphatic heterocycles. The lowest BCUT2D eigenvalue weighted by Crippen LogP contribution is -2.06. The first-order chi connectivity index (χ1) is 11.6. The fourth-order valence-electron chi connectivity index (χ4n) is 3.09. The van der Waals surface area contributed by atoms with Crippen LogP contribution in [0.3, 0.4) is 0 Å². The quantitative estimate of drug-likeness (QED) is 0.731. The van der Waals surface area contributed by atoms with Crippen molar-refractivity contribution in [2.45, 2.75) is 19.3 Å². The van der Waals surface area contributed by atoms with Gasteiger partial charge in [-0.1, -0.05) is 24.3 Å². The van der Waals surface area contributed by atoms with Gasteiger partial charge in [0.25, 0.3) is 6.43 Å². The number of carbonyl (C=O) groups excluding carboxylic acids is 1. The average Bonchev–Trinajstić information content (AvgIpc) is 3.22. The number of aromatic nitrogens is 3. The maximum absolute atomic E-state index is 13.1. The lowest BCUT2D eigenvalue weighted by atomic mass is 10.00. The van der Waals surface area contributed by atoms with Crippen molar-refractivity contribution < 1.29 is 13.6 Å². The predicted octanol–water partition coefficient (Wildman–Crippen LogP) is 4.00. The number of hydrogen-bond donors (Lipinski definition) is 0. The van der Waals surface area contributed by atoms with Gasteiger partial charge in [0.15, 0.2) is 11.6 Å². The molecular weight excluding hydrogens is 312 g/mol. The monoisotopic (exact) mass is 325 g/mol. The molecule has 1 aliphatic carbocycles. The van der Waals surface area contributed by atoms with E-state index < -0.39 is 6.43 Å². The number of benzene rings is 1. The van der Waals surface area contributed by atoms with Crippen LogP contribution < -0.4 is 0 Å². The second-order valence-corrected chi connectivity index (χ2v) is 5.61. The first-order valence-electron chi connectivity index (χ1n) is 7.60. The largest absolute Gasteiger partial charge is 0.294 e. The summed E-state index contributed by atoms with van der Waals surface area (Å²) in [6, 6.07) is 12.1. The number of nitrogens with zero attached hydrogens (tertiary/aromatic N) is 3.